The van der Waals surface area contributed by atoms with Gasteiger partial charge < -0.3 is 15.4 Å². The maximum Gasteiger partial charge on any atom is 0.337 e. The van der Waals surface area contributed by atoms with Crippen molar-refractivity contribution in [3.05, 3.63) is 63.7 Å². The Morgan fingerprint density at radius 1 is 1.08 bits per heavy atom. The third-order valence-electron chi connectivity index (χ3n) is 3.29. The van der Waals surface area contributed by atoms with Gasteiger partial charge >= 0.3 is 5.97 Å². The van der Waals surface area contributed by atoms with Gasteiger partial charge in [0.25, 0.3) is 11.6 Å². The smallest absolute Gasteiger partial charge is 0.337 e. The summed E-state index contributed by atoms with van der Waals surface area (Å²) in [6, 6.07) is 10.2. The lowest BCUT2D eigenvalue weighted by Crippen LogP contribution is -2.12. The predicted molar refractivity (Wildman–Crippen MR) is 88.4 cm³/mol. The van der Waals surface area contributed by atoms with E-state index in [1.807, 2.05) is 0 Å². The number of methoxy groups -OCH3 is 1. The monoisotopic (exact) mass is 329 g/mol. The van der Waals surface area contributed by atoms with Gasteiger partial charge in [0.2, 0.25) is 0 Å². The van der Waals surface area contributed by atoms with Crippen LogP contribution in [-0.4, -0.2) is 31.0 Å². The number of nitrogens with zero attached hydrogens (tertiary/aromatic N) is 1. The normalized spacial score (nSPS) is 9.92. The largest absolute Gasteiger partial charge is 0.465 e. The Morgan fingerprint density at radius 3 is 2.25 bits per heavy atom. The molecule has 0 aliphatic rings. The summed E-state index contributed by atoms with van der Waals surface area (Å²) >= 11 is 0. The maximum absolute atomic E-state index is 12.2. The fourth-order valence-corrected chi connectivity index (χ4v) is 2.05. The van der Waals surface area contributed by atoms with Crippen LogP contribution in [0.4, 0.5) is 17.1 Å². The first-order chi connectivity index (χ1) is 11.5. The van der Waals surface area contributed by atoms with Crippen molar-refractivity contribution in [1.82, 2.24) is 0 Å². The standard InChI is InChI=1S/C16H15N3O5/c1-17-13-8-5-11(9-14(13)19(22)23)15(20)18-12-6-3-10(4-7-12)16(21)24-2/h3-9,17H,1-2H3,(H,18,20). The van der Waals surface area contributed by atoms with E-state index in [1.54, 1.807) is 19.2 Å². The number of hydrogen-bond donors (Lipinski definition) is 2. The minimum atomic E-state index is -0.562. The van der Waals surface area contributed by atoms with Crippen molar-refractivity contribution in [3.63, 3.8) is 0 Å². The average Bonchev–Trinajstić information content (AvgIpc) is 2.60. The van der Waals surface area contributed by atoms with Crippen LogP contribution in [0.2, 0.25) is 0 Å². The molecule has 2 aromatic rings. The van der Waals surface area contributed by atoms with Gasteiger partial charge in [0, 0.05) is 24.4 Å². The van der Waals surface area contributed by atoms with E-state index in [1.165, 1.54) is 37.4 Å². The van der Waals surface area contributed by atoms with E-state index < -0.39 is 16.8 Å². The highest BCUT2D eigenvalue weighted by Gasteiger charge is 2.17. The summed E-state index contributed by atoms with van der Waals surface area (Å²) in [5, 5.41) is 16.3. The molecule has 2 N–H and O–H groups in total. The van der Waals surface area contributed by atoms with Crippen LogP contribution in [0.5, 0.6) is 0 Å². The van der Waals surface area contributed by atoms with Crippen molar-refractivity contribution < 1.29 is 19.2 Å². The number of benzene rings is 2. The van der Waals surface area contributed by atoms with E-state index in [0.717, 1.165) is 0 Å². The molecule has 0 saturated carbocycles. The molecule has 1 amide bonds. The molecular weight excluding hydrogens is 314 g/mol. The number of rotatable bonds is 5. The fraction of sp³-hybridized carbons (Fsp3) is 0.125. The first-order valence-electron chi connectivity index (χ1n) is 6.92. The molecule has 8 heteroatoms. The molecule has 0 aliphatic carbocycles. The van der Waals surface area contributed by atoms with Crippen LogP contribution in [0.1, 0.15) is 20.7 Å². The van der Waals surface area contributed by atoms with E-state index in [9.17, 15) is 19.7 Å². The number of nitro groups is 1. The Hall–Kier alpha value is -3.42. The molecule has 0 heterocycles. The summed E-state index contributed by atoms with van der Waals surface area (Å²) in [7, 11) is 2.84. The third kappa shape index (κ3) is 3.67. The Bertz CT molecular complexity index is 787. The van der Waals surface area contributed by atoms with Crippen LogP contribution in [0.3, 0.4) is 0 Å². The number of ether oxygens (including phenoxy) is 1. The Morgan fingerprint density at radius 2 is 1.71 bits per heavy atom. The van der Waals surface area contributed by atoms with Crippen LogP contribution in [0.15, 0.2) is 42.5 Å². The van der Waals surface area contributed by atoms with Crippen molar-refractivity contribution in [2.75, 3.05) is 24.8 Å². The quantitative estimate of drug-likeness (QED) is 0.496. The maximum atomic E-state index is 12.2. The second-order valence-electron chi connectivity index (χ2n) is 4.76. The predicted octanol–water partition coefficient (Wildman–Crippen LogP) is 2.68. The molecule has 8 nitrogen and oxygen atoms in total. The Balaban J connectivity index is 2.19. The summed E-state index contributed by atoms with van der Waals surface area (Å²) in [5.74, 6) is -0.974. The lowest BCUT2D eigenvalue weighted by Gasteiger charge is -2.08. The highest BCUT2D eigenvalue weighted by atomic mass is 16.6. The van der Waals surface area contributed by atoms with Crippen molar-refractivity contribution in [2.45, 2.75) is 0 Å². The summed E-state index contributed by atoms with van der Waals surface area (Å²) in [5.41, 5.74) is 1.08. The zero-order chi connectivity index (χ0) is 17.7. The van der Waals surface area contributed by atoms with Gasteiger partial charge in [-0.2, -0.15) is 0 Å². The number of nitrogens with one attached hydrogen (secondary N) is 2. The van der Waals surface area contributed by atoms with E-state index in [4.69, 9.17) is 0 Å². The second-order valence-corrected chi connectivity index (χ2v) is 4.76. The molecule has 0 aromatic heterocycles. The van der Waals surface area contributed by atoms with Gasteiger partial charge in [0.15, 0.2) is 0 Å². The molecule has 0 atom stereocenters. The van der Waals surface area contributed by atoms with Crippen LogP contribution in [-0.2, 0) is 4.74 Å². The van der Waals surface area contributed by atoms with Gasteiger partial charge in [0.05, 0.1) is 17.6 Å². The SMILES string of the molecule is CNc1ccc(C(=O)Nc2ccc(C(=O)OC)cc2)cc1[N+](=O)[O-]. The number of carbonyl (C=O) groups is 2. The Kier molecular flexibility index (Phi) is 5.10. The van der Waals surface area contributed by atoms with Crippen molar-refractivity contribution in [1.29, 1.82) is 0 Å². The lowest BCUT2D eigenvalue weighted by molar-refractivity contribution is -0.384. The van der Waals surface area contributed by atoms with Crippen molar-refractivity contribution in [2.24, 2.45) is 0 Å². The first-order valence-corrected chi connectivity index (χ1v) is 6.92. The molecule has 0 bridgehead atoms. The zero-order valence-corrected chi connectivity index (χ0v) is 13.0. The molecular formula is C16H15N3O5. The molecule has 2 rings (SSSR count). The average molecular weight is 329 g/mol. The van der Waals surface area contributed by atoms with E-state index in [2.05, 4.69) is 15.4 Å². The topological polar surface area (TPSA) is 111 Å². The molecule has 0 spiro atoms. The van der Waals surface area contributed by atoms with Crippen molar-refractivity contribution in [3.8, 4) is 0 Å². The van der Waals surface area contributed by atoms with Gasteiger partial charge in [-0.1, -0.05) is 0 Å². The highest BCUT2D eigenvalue weighted by Crippen LogP contribution is 2.25. The van der Waals surface area contributed by atoms with Crippen LogP contribution in [0, 0.1) is 10.1 Å². The lowest BCUT2D eigenvalue weighted by atomic mass is 10.1. The summed E-state index contributed by atoms with van der Waals surface area (Å²) in [6.07, 6.45) is 0. The number of nitro benzene ring substituents is 1. The molecule has 2 aromatic carbocycles. The molecule has 24 heavy (non-hydrogen) atoms. The van der Waals surface area contributed by atoms with Gasteiger partial charge in [0.1, 0.15) is 5.69 Å². The van der Waals surface area contributed by atoms with E-state index >= 15 is 0 Å². The Labute approximate surface area is 137 Å². The number of anilines is 2. The minimum absolute atomic E-state index is 0.151. The van der Waals surface area contributed by atoms with Gasteiger partial charge in [-0.15, -0.1) is 0 Å². The van der Waals surface area contributed by atoms with Crippen LogP contribution >= 0.6 is 0 Å². The highest BCUT2D eigenvalue weighted by molar-refractivity contribution is 6.05. The molecule has 0 aliphatic heterocycles. The van der Waals surface area contributed by atoms with Gasteiger partial charge in [-0.05, 0) is 36.4 Å². The number of esters is 1. The van der Waals surface area contributed by atoms with E-state index in [0.29, 0.717) is 16.9 Å². The van der Waals surface area contributed by atoms with Gasteiger partial charge in [-0.3, -0.25) is 14.9 Å². The molecule has 0 saturated heterocycles. The zero-order valence-electron chi connectivity index (χ0n) is 13.0. The molecule has 0 radical (unpaired) electrons. The summed E-state index contributed by atoms with van der Waals surface area (Å²) < 4.78 is 4.59. The fourth-order valence-electron chi connectivity index (χ4n) is 2.05. The number of hydrogen-bond acceptors (Lipinski definition) is 6. The number of amides is 1. The molecule has 0 fully saturated rings. The minimum Gasteiger partial charge on any atom is -0.465 e. The van der Waals surface area contributed by atoms with E-state index in [-0.39, 0.29) is 11.3 Å². The first kappa shape index (κ1) is 16.9. The third-order valence-corrected chi connectivity index (χ3v) is 3.29. The van der Waals surface area contributed by atoms with Crippen molar-refractivity contribution >= 4 is 28.9 Å². The second kappa shape index (κ2) is 7.23. The van der Waals surface area contributed by atoms with Crippen LogP contribution in [0.25, 0.3) is 0 Å². The molecule has 124 valence electrons. The van der Waals surface area contributed by atoms with Crippen LogP contribution < -0.4 is 10.6 Å². The summed E-state index contributed by atoms with van der Waals surface area (Å²) in [4.78, 5) is 34.0. The van der Waals surface area contributed by atoms with Gasteiger partial charge in [-0.25, -0.2) is 4.79 Å². The number of carbonyl (C=O) groups excluding carboxylic acids is 2. The summed E-state index contributed by atoms with van der Waals surface area (Å²) in [6.45, 7) is 0. The molecule has 0 unspecified atom stereocenters.